The minimum absolute atomic E-state index is 0.172. The Morgan fingerprint density at radius 2 is 2.21 bits per heavy atom. The highest BCUT2D eigenvalue weighted by molar-refractivity contribution is 7.98. The van der Waals surface area contributed by atoms with E-state index in [0.29, 0.717) is 11.9 Å². The molecule has 2 aromatic heterocycles. The lowest BCUT2D eigenvalue weighted by Crippen LogP contribution is -2.09. The summed E-state index contributed by atoms with van der Waals surface area (Å²) in [5.74, 6) is 2.12. The average molecular weight is 299 g/mol. The molecule has 8 heteroatoms. The molecule has 0 aliphatic rings. The summed E-state index contributed by atoms with van der Waals surface area (Å²) in [6.45, 7) is 0.824. The summed E-state index contributed by atoms with van der Waals surface area (Å²) in [4.78, 5) is 16.4. The van der Waals surface area contributed by atoms with E-state index >= 15 is 0 Å². The van der Waals surface area contributed by atoms with Crippen molar-refractivity contribution in [3.8, 4) is 5.95 Å². The van der Waals surface area contributed by atoms with Gasteiger partial charge in [-0.15, -0.1) is 0 Å². The molecule has 0 spiro atoms. The van der Waals surface area contributed by atoms with Crippen molar-refractivity contribution in [2.75, 3.05) is 23.9 Å². The van der Waals surface area contributed by atoms with E-state index in [1.807, 2.05) is 11.8 Å². The molecule has 2 rings (SSSR count). The van der Waals surface area contributed by atoms with Crippen LogP contribution in [0.15, 0.2) is 18.7 Å². The molecule has 0 aliphatic heterocycles. The zero-order chi connectivity index (χ0) is 13.5. The van der Waals surface area contributed by atoms with Crippen molar-refractivity contribution in [3.05, 3.63) is 24.0 Å². The first-order valence-electron chi connectivity index (χ1n) is 5.92. The fraction of sp³-hybridized carbons (Fsp3) is 0.455. The Morgan fingerprint density at radius 3 is 2.95 bits per heavy atom. The number of unbranched alkanes of at least 4 members (excludes halogenated alkanes) is 1. The Bertz CT molecular complexity index is 504. The quantitative estimate of drug-likeness (QED) is 0.791. The molecule has 0 aromatic carbocycles. The summed E-state index contributed by atoms with van der Waals surface area (Å²) >= 11 is 7.74. The van der Waals surface area contributed by atoms with Crippen LogP contribution in [-0.2, 0) is 0 Å². The molecule has 102 valence electrons. The topological polar surface area (TPSA) is 68.5 Å². The second-order valence-electron chi connectivity index (χ2n) is 3.82. The third-order valence-electron chi connectivity index (χ3n) is 2.39. The highest BCUT2D eigenvalue weighted by Crippen LogP contribution is 2.09. The standard InChI is InChI=1S/C11H15ClN6S/c1-19-7-3-2-4-14-10-15-9(12)16-11(17-10)18-6-5-13-8-18/h5-6,8H,2-4,7H2,1H3,(H,14,15,16,17). The van der Waals surface area contributed by atoms with Crippen LogP contribution in [-0.4, -0.2) is 43.1 Å². The molecule has 0 radical (unpaired) electrons. The zero-order valence-electron chi connectivity index (χ0n) is 10.6. The van der Waals surface area contributed by atoms with Crippen LogP contribution in [0.3, 0.4) is 0 Å². The van der Waals surface area contributed by atoms with E-state index in [4.69, 9.17) is 11.6 Å². The largest absolute Gasteiger partial charge is 0.354 e. The zero-order valence-corrected chi connectivity index (χ0v) is 12.2. The Kier molecular flexibility index (Phi) is 5.41. The number of anilines is 1. The average Bonchev–Trinajstić information content (AvgIpc) is 2.92. The van der Waals surface area contributed by atoms with Gasteiger partial charge in [-0.3, -0.25) is 4.57 Å². The molecule has 1 N–H and O–H groups in total. The van der Waals surface area contributed by atoms with E-state index < -0.39 is 0 Å². The maximum absolute atomic E-state index is 5.89. The van der Waals surface area contributed by atoms with Crippen molar-refractivity contribution in [2.45, 2.75) is 12.8 Å². The van der Waals surface area contributed by atoms with Gasteiger partial charge in [0.15, 0.2) is 0 Å². The lowest BCUT2D eigenvalue weighted by Gasteiger charge is -2.06. The first kappa shape index (κ1) is 14.1. The monoisotopic (exact) mass is 298 g/mol. The van der Waals surface area contributed by atoms with Crippen molar-refractivity contribution >= 4 is 29.3 Å². The summed E-state index contributed by atoms with van der Waals surface area (Å²) in [5, 5.41) is 3.33. The number of imidazole rings is 1. The van der Waals surface area contributed by atoms with Crippen LogP contribution in [0.2, 0.25) is 5.28 Å². The third kappa shape index (κ3) is 4.36. The van der Waals surface area contributed by atoms with Crippen molar-refractivity contribution in [1.82, 2.24) is 24.5 Å². The van der Waals surface area contributed by atoms with Gasteiger partial charge >= 0.3 is 0 Å². The van der Waals surface area contributed by atoms with Gasteiger partial charge in [0.25, 0.3) is 0 Å². The van der Waals surface area contributed by atoms with Crippen molar-refractivity contribution in [3.63, 3.8) is 0 Å². The molecule has 19 heavy (non-hydrogen) atoms. The molecule has 0 unspecified atom stereocenters. The van der Waals surface area contributed by atoms with Crippen molar-refractivity contribution in [1.29, 1.82) is 0 Å². The molecule has 2 heterocycles. The van der Waals surface area contributed by atoms with Gasteiger partial charge in [0.2, 0.25) is 17.2 Å². The third-order valence-corrected chi connectivity index (χ3v) is 3.26. The van der Waals surface area contributed by atoms with Crippen LogP contribution in [0.25, 0.3) is 5.95 Å². The number of hydrogen-bond acceptors (Lipinski definition) is 6. The fourth-order valence-corrected chi connectivity index (χ4v) is 2.13. The first-order valence-corrected chi connectivity index (χ1v) is 7.69. The second kappa shape index (κ2) is 7.30. The van der Waals surface area contributed by atoms with E-state index in [1.54, 1.807) is 23.3 Å². The van der Waals surface area contributed by atoms with Crippen molar-refractivity contribution in [2.24, 2.45) is 0 Å². The molecule has 0 saturated heterocycles. The van der Waals surface area contributed by atoms with Gasteiger partial charge in [0, 0.05) is 18.9 Å². The second-order valence-corrected chi connectivity index (χ2v) is 5.15. The van der Waals surface area contributed by atoms with Gasteiger partial charge in [-0.25, -0.2) is 4.98 Å². The van der Waals surface area contributed by atoms with Crippen LogP contribution < -0.4 is 5.32 Å². The normalized spacial score (nSPS) is 10.6. The van der Waals surface area contributed by atoms with Gasteiger partial charge in [0.1, 0.15) is 6.33 Å². The predicted molar refractivity (Wildman–Crippen MR) is 78.1 cm³/mol. The van der Waals surface area contributed by atoms with Gasteiger partial charge in [-0.2, -0.15) is 26.7 Å². The minimum atomic E-state index is 0.172. The van der Waals surface area contributed by atoms with E-state index in [2.05, 4.69) is 31.5 Å². The Balaban J connectivity index is 1.97. The molecular weight excluding hydrogens is 284 g/mol. The lowest BCUT2D eigenvalue weighted by atomic mass is 10.3. The van der Waals surface area contributed by atoms with E-state index in [1.165, 1.54) is 12.2 Å². The minimum Gasteiger partial charge on any atom is -0.354 e. The number of halogens is 1. The molecule has 0 aliphatic carbocycles. The summed E-state index contributed by atoms with van der Waals surface area (Å²) in [5.41, 5.74) is 0. The van der Waals surface area contributed by atoms with Gasteiger partial charge < -0.3 is 5.32 Å². The molecule has 0 fully saturated rings. The number of nitrogens with one attached hydrogen (secondary N) is 1. The van der Waals surface area contributed by atoms with E-state index in [0.717, 1.165) is 13.0 Å². The number of rotatable bonds is 7. The smallest absolute Gasteiger partial charge is 0.241 e. The summed E-state index contributed by atoms with van der Waals surface area (Å²) in [6.07, 6.45) is 9.39. The molecule has 0 amide bonds. The SMILES string of the molecule is CSCCCCNc1nc(Cl)nc(-n2ccnc2)n1. The Hall–Kier alpha value is -1.34. The van der Waals surface area contributed by atoms with Crippen LogP contribution in [0.4, 0.5) is 5.95 Å². The Morgan fingerprint density at radius 1 is 1.32 bits per heavy atom. The van der Waals surface area contributed by atoms with Gasteiger partial charge in [-0.05, 0) is 36.5 Å². The van der Waals surface area contributed by atoms with E-state index in [9.17, 15) is 0 Å². The molecule has 6 nitrogen and oxygen atoms in total. The number of nitrogens with zero attached hydrogens (tertiary/aromatic N) is 5. The molecule has 0 atom stereocenters. The number of hydrogen-bond donors (Lipinski definition) is 1. The van der Waals surface area contributed by atoms with E-state index in [-0.39, 0.29) is 5.28 Å². The highest BCUT2D eigenvalue weighted by atomic mass is 35.5. The summed E-state index contributed by atoms with van der Waals surface area (Å²) in [7, 11) is 0. The maximum atomic E-state index is 5.89. The molecular formula is C11H15ClN6S. The molecule has 0 bridgehead atoms. The Labute approximate surface area is 121 Å². The summed E-state index contributed by atoms with van der Waals surface area (Å²) < 4.78 is 1.69. The first-order chi connectivity index (χ1) is 9.29. The summed E-state index contributed by atoms with van der Waals surface area (Å²) in [6, 6.07) is 0. The van der Waals surface area contributed by atoms with Crippen LogP contribution in [0, 0.1) is 0 Å². The van der Waals surface area contributed by atoms with Gasteiger partial charge in [0.05, 0.1) is 0 Å². The van der Waals surface area contributed by atoms with Gasteiger partial charge in [-0.1, -0.05) is 0 Å². The van der Waals surface area contributed by atoms with Crippen LogP contribution >= 0.6 is 23.4 Å². The predicted octanol–water partition coefficient (Wildman–Crippen LogP) is 2.27. The van der Waals surface area contributed by atoms with Crippen LogP contribution in [0.1, 0.15) is 12.8 Å². The lowest BCUT2D eigenvalue weighted by molar-refractivity contribution is 0.824. The number of aromatic nitrogens is 5. The van der Waals surface area contributed by atoms with Crippen molar-refractivity contribution < 1.29 is 0 Å². The number of thioether (sulfide) groups is 1. The molecule has 0 saturated carbocycles. The van der Waals surface area contributed by atoms with Crippen LogP contribution in [0.5, 0.6) is 0 Å². The highest BCUT2D eigenvalue weighted by Gasteiger charge is 2.05. The fourth-order valence-electron chi connectivity index (χ4n) is 1.48. The molecule has 2 aromatic rings. The maximum Gasteiger partial charge on any atom is 0.241 e.